The van der Waals surface area contributed by atoms with Crippen LogP contribution in [-0.2, 0) is 0 Å². The summed E-state index contributed by atoms with van der Waals surface area (Å²) in [5.41, 5.74) is 1.24. The van der Waals surface area contributed by atoms with Crippen LogP contribution < -0.4 is 5.32 Å². The molecule has 3 rings (SSSR count). The lowest BCUT2D eigenvalue weighted by molar-refractivity contribution is 0.204. The molecule has 1 atom stereocenters. The van der Waals surface area contributed by atoms with Gasteiger partial charge in [0.2, 0.25) is 0 Å². The minimum absolute atomic E-state index is 0.689. The van der Waals surface area contributed by atoms with Gasteiger partial charge in [0.1, 0.15) is 0 Å². The molecule has 1 aliphatic heterocycles. The van der Waals surface area contributed by atoms with Crippen LogP contribution in [0.4, 0.5) is 5.69 Å². The second-order valence-electron chi connectivity index (χ2n) is 6.41. The van der Waals surface area contributed by atoms with Crippen molar-refractivity contribution in [3.05, 3.63) is 42.5 Å². The topological polar surface area (TPSA) is 15.3 Å². The first kappa shape index (κ1) is 14.4. The van der Waals surface area contributed by atoms with Crippen LogP contribution in [-0.4, -0.2) is 31.1 Å². The van der Waals surface area contributed by atoms with E-state index in [2.05, 4.69) is 59.6 Å². The zero-order chi connectivity index (χ0) is 14.5. The molecule has 1 heterocycles. The minimum atomic E-state index is 0.689. The molecule has 2 aromatic carbocycles. The maximum atomic E-state index is 3.60. The third-order valence-corrected chi connectivity index (χ3v) is 4.42. The van der Waals surface area contributed by atoms with E-state index in [-0.39, 0.29) is 0 Å². The molecule has 0 saturated carbocycles. The average Bonchev–Trinajstić information content (AvgIpc) is 2.54. The number of benzene rings is 2. The Bertz CT molecular complexity index is 573. The first-order valence-electron chi connectivity index (χ1n) is 8.26. The van der Waals surface area contributed by atoms with E-state index in [9.17, 15) is 0 Å². The molecule has 2 aromatic rings. The van der Waals surface area contributed by atoms with Crippen LogP contribution in [0.3, 0.4) is 0 Å². The van der Waals surface area contributed by atoms with Crippen molar-refractivity contribution < 1.29 is 0 Å². The van der Waals surface area contributed by atoms with Crippen molar-refractivity contribution in [2.75, 3.05) is 31.5 Å². The first-order valence-corrected chi connectivity index (χ1v) is 8.26. The van der Waals surface area contributed by atoms with Crippen molar-refractivity contribution in [3.8, 4) is 0 Å². The largest absolute Gasteiger partial charge is 0.385 e. The van der Waals surface area contributed by atoms with E-state index in [4.69, 9.17) is 0 Å². The lowest BCUT2D eigenvalue weighted by Crippen LogP contribution is -2.35. The molecule has 2 heteroatoms. The van der Waals surface area contributed by atoms with Gasteiger partial charge in [-0.2, -0.15) is 0 Å². The lowest BCUT2D eigenvalue weighted by Gasteiger charge is -2.29. The Morgan fingerprint density at radius 2 is 1.76 bits per heavy atom. The van der Waals surface area contributed by atoms with Crippen LogP contribution in [0, 0.1) is 5.92 Å². The molecule has 1 N–H and O–H groups in total. The maximum absolute atomic E-state index is 3.60. The molecule has 1 aliphatic rings. The summed E-state index contributed by atoms with van der Waals surface area (Å²) in [5.74, 6) is 0.689. The van der Waals surface area contributed by atoms with Crippen molar-refractivity contribution in [2.45, 2.75) is 26.2 Å². The molecule has 2 nitrogen and oxygen atoms in total. The smallest absolute Gasteiger partial charge is 0.0346 e. The molecule has 0 spiro atoms. The molecule has 0 aromatic heterocycles. The average molecular weight is 282 g/mol. The SMILES string of the molecule is CC(CNc1ccc2ccccc2c1)CN1CCCCC1. The second kappa shape index (κ2) is 6.95. The lowest BCUT2D eigenvalue weighted by atomic mass is 10.1. The number of rotatable bonds is 5. The Hall–Kier alpha value is -1.54. The highest BCUT2D eigenvalue weighted by Gasteiger charge is 2.13. The van der Waals surface area contributed by atoms with Gasteiger partial charge in [0, 0.05) is 18.8 Å². The monoisotopic (exact) mass is 282 g/mol. The predicted octanol–water partition coefficient (Wildman–Crippen LogP) is 4.37. The van der Waals surface area contributed by atoms with E-state index in [1.165, 1.54) is 55.4 Å². The molecule has 0 bridgehead atoms. The number of hydrogen-bond acceptors (Lipinski definition) is 2. The summed E-state index contributed by atoms with van der Waals surface area (Å²) in [5, 5.41) is 6.22. The van der Waals surface area contributed by atoms with E-state index in [1.54, 1.807) is 0 Å². The Morgan fingerprint density at radius 1 is 1.00 bits per heavy atom. The Balaban J connectivity index is 1.53. The van der Waals surface area contributed by atoms with Crippen LogP contribution >= 0.6 is 0 Å². The van der Waals surface area contributed by atoms with Gasteiger partial charge in [0.25, 0.3) is 0 Å². The second-order valence-corrected chi connectivity index (χ2v) is 6.41. The van der Waals surface area contributed by atoms with E-state index >= 15 is 0 Å². The standard InChI is InChI=1S/C19H26N2/c1-16(15-21-11-5-2-6-12-21)14-20-19-10-9-17-7-3-4-8-18(17)13-19/h3-4,7-10,13,16,20H,2,5-6,11-12,14-15H2,1H3. The van der Waals surface area contributed by atoms with Gasteiger partial charge in [-0.15, -0.1) is 0 Å². The first-order chi connectivity index (χ1) is 10.3. The van der Waals surface area contributed by atoms with Gasteiger partial charge in [0.05, 0.1) is 0 Å². The summed E-state index contributed by atoms with van der Waals surface area (Å²) >= 11 is 0. The van der Waals surface area contributed by atoms with Gasteiger partial charge in [-0.3, -0.25) is 0 Å². The highest BCUT2D eigenvalue weighted by molar-refractivity contribution is 5.85. The van der Waals surface area contributed by atoms with Crippen LogP contribution in [0.2, 0.25) is 0 Å². The molecule has 0 aliphatic carbocycles. The molecule has 1 unspecified atom stereocenters. The number of fused-ring (bicyclic) bond motifs is 1. The molecule has 0 radical (unpaired) electrons. The summed E-state index contributed by atoms with van der Waals surface area (Å²) in [6.45, 7) is 7.21. The predicted molar refractivity (Wildman–Crippen MR) is 91.9 cm³/mol. The van der Waals surface area contributed by atoms with E-state index in [0.717, 1.165) is 6.54 Å². The summed E-state index contributed by atoms with van der Waals surface area (Å²) < 4.78 is 0. The van der Waals surface area contributed by atoms with E-state index in [1.807, 2.05) is 0 Å². The molecular formula is C19H26N2. The van der Waals surface area contributed by atoms with Crippen molar-refractivity contribution in [3.63, 3.8) is 0 Å². The van der Waals surface area contributed by atoms with Crippen molar-refractivity contribution in [1.29, 1.82) is 0 Å². The van der Waals surface area contributed by atoms with Gasteiger partial charge < -0.3 is 10.2 Å². The van der Waals surface area contributed by atoms with Crippen LogP contribution in [0.5, 0.6) is 0 Å². The Labute approximate surface area is 128 Å². The maximum Gasteiger partial charge on any atom is 0.0346 e. The molecule has 1 saturated heterocycles. The van der Waals surface area contributed by atoms with Crippen LogP contribution in [0.25, 0.3) is 10.8 Å². The molecule has 1 fully saturated rings. The van der Waals surface area contributed by atoms with Crippen molar-refractivity contribution >= 4 is 16.5 Å². The highest BCUT2D eigenvalue weighted by Crippen LogP contribution is 2.19. The molecule has 0 amide bonds. The zero-order valence-electron chi connectivity index (χ0n) is 13.0. The van der Waals surface area contributed by atoms with Crippen LogP contribution in [0.15, 0.2) is 42.5 Å². The Kier molecular flexibility index (Phi) is 4.76. The fraction of sp³-hybridized carbons (Fsp3) is 0.474. The molecule has 112 valence electrons. The zero-order valence-corrected chi connectivity index (χ0v) is 13.0. The van der Waals surface area contributed by atoms with Gasteiger partial charge in [0.15, 0.2) is 0 Å². The van der Waals surface area contributed by atoms with E-state index < -0.39 is 0 Å². The normalized spacial score (nSPS) is 17.8. The number of anilines is 1. The van der Waals surface area contributed by atoms with Crippen LogP contribution in [0.1, 0.15) is 26.2 Å². The summed E-state index contributed by atoms with van der Waals surface area (Å²) in [4.78, 5) is 2.62. The molecular weight excluding hydrogens is 256 g/mol. The minimum Gasteiger partial charge on any atom is -0.385 e. The number of nitrogens with zero attached hydrogens (tertiary/aromatic N) is 1. The van der Waals surface area contributed by atoms with Gasteiger partial charge in [-0.25, -0.2) is 0 Å². The van der Waals surface area contributed by atoms with Crippen molar-refractivity contribution in [2.24, 2.45) is 5.92 Å². The fourth-order valence-electron chi connectivity index (χ4n) is 3.24. The number of likely N-dealkylation sites (tertiary alicyclic amines) is 1. The van der Waals surface area contributed by atoms with Gasteiger partial charge >= 0.3 is 0 Å². The summed E-state index contributed by atoms with van der Waals surface area (Å²) in [7, 11) is 0. The number of piperidine rings is 1. The summed E-state index contributed by atoms with van der Waals surface area (Å²) in [6.07, 6.45) is 4.18. The van der Waals surface area contributed by atoms with Gasteiger partial charge in [-0.1, -0.05) is 43.7 Å². The van der Waals surface area contributed by atoms with Crippen molar-refractivity contribution in [1.82, 2.24) is 4.90 Å². The van der Waals surface area contributed by atoms with E-state index in [0.29, 0.717) is 5.92 Å². The highest BCUT2D eigenvalue weighted by atomic mass is 15.1. The third kappa shape index (κ3) is 3.98. The third-order valence-electron chi connectivity index (χ3n) is 4.42. The quantitative estimate of drug-likeness (QED) is 0.876. The number of nitrogens with one attached hydrogen (secondary N) is 1. The van der Waals surface area contributed by atoms with Gasteiger partial charge in [-0.05, 0) is 54.8 Å². The fourth-order valence-corrected chi connectivity index (χ4v) is 3.24. The Morgan fingerprint density at radius 3 is 2.57 bits per heavy atom. The summed E-state index contributed by atoms with van der Waals surface area (Å²) in [6, 6.07) is 15.2. The molecule has 21 heavy (non-hydrogen) atoms. The number of hydrogen-bond donors (Lipinski definition) is 1.